The Bertz CT molecular complexity index is 1100. The van der Waals surface area contributed by atoms with E-state index in [4.69, 9.17) is 28.4 Å². The molecule has 1 heterocycles. The van der Waals surface area contributed by atoms with Crippen LogP contribution in [0.5, 0.6) is 28.7 Å². The Balaban J connectivity index is 1.85. The van der Waals surface area contributed by atoms with Gasteiger partial charge >= 0.3 is 0 Å². The summed E-state index contributed by atoms with van der Waals surface area (Å²) in [6.07, 6.45) is -10.0. The van der Waals surface area contributed by atoms with Crippen molar-refractivity contribution in [2.75, 3.05) is 34.5 Å². The minimum absolute atomic E-state index is 0.0578. The maximum atomic E-state index is 11.8. The van der Waals surface area contributed by atoms with Gasteiger partial charge in [-0.1, -0.05) is 6.07 Å². The number of rotatable bonds is 12. The molecule has 0 spiro atoms. The number of ketones is 1. The number of aliphatic hydroxyl groups excluding tert-OH is 6. The molecule has 1 fully saturated rings. The predicted octanol–water partition coefficient (Wildman–Crippen LogP) is -0.433. The summed E-state index contributed by atoms with van der Waals surface area (Å²) in [5.74, 6) is 0.313. The highest BCUT2D eigenvalue weighted by molar-refractivity contribution is 5.95. The monoisotopic (exact) mass is 554 g/mol. The van der Waals surface area contributed by atoms with Crippen molar-refractivity contribution < 1.29 is 63.9 Å². The molecule has 0 saturated carbocycles. The van der Waals surface area contributed by atoms with Gasteiger partial charge in [0.15, 0.2) is 34.9 Å². The molecule has 0 radical (unpaired) electrons. The highest BCUT2D eigenvalue weighted by Crippen LogP contribution is 2.41. The molecule has 0 bridgehead atoms. The number of methoxy groups -OCH3 is 3. The van der Waals surface area contributed by atoms with E-state index in [2.05, 4.69) is 0 Å². The molecule has 2 aromatic carbocycles. The van der Waals surface area contributed by atoms with Crippen LogP contribution in [0.1, 0.15) is 28.9 Å². The number of ether oxygens (including phenoxy) is 6. The normalized spacial score (nSPS) is 24.4. The Labute approximate surface area is 224 Å². The number of hydrogen-bond acceptors (Lipinski definition) is 13. The van der Waals surface area contributed by atoms with Crippen molar-refractivity contribution >= 4 is 5.78 Å². The first kappa shape index (κ1) is 30.4. The molecule has 1 saturated heterocycles. The lowest BCUT2D eigenvalue weighted by Gasteiger charge is -2.39. The van der Waals surface area contributed by atoms with Crippen LogP contribution in [0.15, 0.2) is 30.3 Å². The summed E-state index contributed by atoms with van der Waals surface area (Å²) in [7, 11) is 4.07. The van der Waals surface area contributed by atoms with Gasteiger partial charge in [0, 0.05) is 5.56 Å². The third kappa shape index (κ3) is 6.53. The Morgan fingerprint density at radius 1 is 0.897 bits per heavy atom. The third-order valence-electron chi connectivity index (χ3n) is 6.29. The van der Waals surface area contributed by atoms with Crippen molar-refractivity contribution in [1.82, 2.24) is 0 Å². The van der Waals surface area contributed by atoms with Gasteiger partial charge in [0.1, 0.15) is 30.5 Å². The van der Waals surface area contributed by atoms with Gasteiger partial charge in [-0.15, -0.1) is 0 Å². The van der Waals surface area contributed by atoms with Crippen molar-refractivity contribution in [2.45, 2.75) is 49.8 Å². The molecule has 1 aliphatic rings. The summed E-state index contributed by atoms with van der Waals surface area (Å²) >= 11 is 0. The van der Waals surface area contributed by atoms with Crippen LogP contribution in [0, 0.1) is 0 Å². The van der Waals surface area contributed by atoms with E-state index >= 15 is 0 Å². The fraction of sp³-hybridized carbons (Fsp3) is 0.500. The molecule has 13 heteroatoms. The zero-order valence-electron chi connectivity index (χ0n) is 21.9. The fourth-order valence-corrected chi connectivity index (χ4v) is 4.02. The van der Waals surface area contributed by atoms with Crippen LogP contribution in [0.25, 0.3) is 0 Å². The molecule has 216 valence electrons. The van der Waals surface area contributed by atoms with Crippen LogP contribution >= 0.6 is 0 Å². The molecule has 7 atom stereocenters. The largest absolute Gasteiger partial charge is 0.493 e. The molecule has 0 amide bonds. The van der Waals surface area contributed by atoms with Gasteiger partial charge in [-0.05, 0) is 36.8 Å². The van der Waals surface area contributed by atoms with Crippen molar-refractivity contribution in [1.29, 1.82) is 0 Å². The SMILES string of the molecule is COc1cc(C(O)C(CO)Oc2c(OC)cc(C(C)=O)cc2OC)ccc1OC1OC(CO)C(O)C(O)C1O. The van der Waals surface area contributed by atoms with Crippen molar-refractivity contribution in [3.8, 4) is 28.7 Å². The maximum Gasteiger partial charge on any atom is 0.229 e. The van der Waals surface area contributed by atoms with Crippen LogP contribution in [-0.2, 0) is 4.74 Å². The summed E-state index contributed by atoms with van der Waals surface area (Å²) in [5, 5.41) is 60.7. The van der Waals surface area contributed by atoms with E-state index in [-0.39, 0.29) is 40.1 Å². The van der Waals surface area contributed by atoms with E-state index in [9.17, 15) is 35.4 Å². The van der Waals surface area contributed by atoms with Gasteiger partial charge in [0.2, 0.25) is 12.0 Å². The van der Waals surface area contributed by atoms with Gasteiger partial charge in [0.25, 0.3) is 0 Å². The van der Waals surface area contributed by atoms with E-state index in [1.807, 2.05) is 0 Å². The first-order chi connectivity index (χ1) is 18.6. The molecule has 0 aromatic heterocycles. The highest BCUT2D eigenvalue weighted by atomic mass is 16.7. The number of hydrogen-bond donors (Lipinski definition) is 6. The lowest BCUT2D eigenvalue weighted by molar-refractivity contribution is -0.277. The minimum atomic E-state index is -1.63. The lowest BCUT2D eigenvalue weighted by atomic mass is 9.99. The molecular weight excluding hydrogens is 520 g/mol. The van der Waals surface area contributed by atoms with Crippen molar-refractivity contribution in [3.05, 3.63) is 41.5 Å². The summed E-state index contributed by atoms with van der Waals surface area (Å²) in [4.78, 5) is 11.8. The van der Waals surface area contributed by atoms with Crippen LogP contribution < -0.4 is 23.7 Å². The topological polar surface area (TPSA) is 194 Å². The summed E-state index contributed by atoms with van der Waals surface area (Å²) in [5.41, 5.74) is 0.571. The summed E-state index contributed by atoms with van der Waals surface area (Å²) in [6, 6.07) is 7.16. The first-order valence-electron chi connectivity index (χ1n) is 12.0. The van der Waals surface area contributed by atoms with Gasteiger partial charge in [-0.2, -0.15) is 0 Å². The molecular formula is C26H34O13. The minimum Gasteiger partial charge on any atom is -0.493 e. The Morgan fingerprint density at radius 2 is 1.51 bits per heavy atom. The maximum absolute atomic E-state index is 11.8. The second-order valence-electron chi connectivity index (χ2n) is 8.78. The average Bonchev–Trinajstić information content (AvgIpc) is 2.95. The predicted molar refractivity (Wildman–Crippen MR) is 133 cm³/mol. The molecule has 13 nitrogen and oxygen atoms in total. The van der Waals surface area contributed by atoms with E-state index in [0.29, 0.717) is 5.56 Å². The molecule has 2 aromatic rings. The second kappa shape index (κ2) is 13.3. The first-order valence-corrected chi connectivity index (χ1v) is 12.0. The highest BCUT2D eigenvalue weighted by Gasteiger charge is 2.45. The Kier molecular flexibility index (Phi) is 10.3. The Morgan fingerprint density at radius 3 is 2.03 bits per heavy atom. The summed E-state index contributed by atoms with van der Waals surface area (Å²) < 4.78 is 32.9. The molecule has 1 aliphatic heterocycles. The third-order valence-corrected chi connectivity index (χ3v) is 6.29. The zero-order chi connectivity index (χ0) is 28.9. The molecule has 0 aliphatic carbocycles. The van der Waals surface area contributed by atoms with Gasteiger partial charge in [-0.25, -0.2) is 0 Å². The van der Waals surface area contributed by atoms with Crippen LogP contribution in [0.4, 0.5) is 0 Å². The summed E-state index contributed by atoms with van der Waals surface area (Å²) in [6.45, 7) is 0.142. The molecule has 6 N–H and O–H groups in total. The van der Waals surface area contributed by atoms with Gasteiger partial charge in [0.05, 0.1) is 34.5 Å². The quantitative estimate of drug-likeness (QED) is 0.185. The van der Waals surface area contributed by atoms with Crippen LogP contribution in [0.2, 0.25) is 0 Å². The Hall–Kier alpha value is -3.17. The van der Waals surface area contributed by atoms with E-state index in [1.165, 1.54) is 58.6 Å². The van der Waals surface area contributed by atoms with Crippen LogP contribution in [-0.4, -0.2) is 108 Å². The lowest BCUT2D eigenvalue weighted by Crippen LogP contribution is -2.60. The number of carbonyl (C=O) groups is 1. The van der Waals surface area contributed by atoms with E-state index in [0.717, 1.165) is 0 Å². The van der Waals surface area contributed by atoms with Crippen LogP contribution in [0.3, 0.4) is 0 Å². The fourth-order valence-electron chi connectivity index (χ4n) is 4.02. The number of benzene rings is 2. The zero-order valence-corrected chi connectivity index (χ0v) is 21.9. The number of carbonyl (C=O) groups excluding carboxylic acids is 1. The van der Waals surface area contributed by atoms with Crippen molar-refractivity contribution in [3.63, 3.8) is 0 Å². The standard InChI is InChI=1S/C26H34O13/c1-12(29)14-8-17(35-3)25(18(9-14)36-4)37-19(10-27)21(30)13-5-6-15(16(7-13)34-2)38-26-24(33)23(32)22(31)20(11-28)39-26/h5-9,19-24,26-28,30-33H,10-11H2,1-4H3. The molecule has 3 rings (SSSR count). The van der Waals surface area contributed by atoms with Gasteiger partial charge in [-0.3, -0.25) is 4.79 Å². The molecule has 39 heavy (non-hydrogen) atoms. The van der Waals surface area contributed by atoms with E-state index < -0.39 is 56.1 Å². The van der Waals surface area contributed by atoms with Crippen molar-refractivity contribution in [2.24, 2.45) is 0 Å². The smallest absolute Gasteiger partial charge is 0.229 e. The average molecular weight is 555 g/mol. The molecule has 7 unspecified atom stereocenters. The van der Waals surface area contributed by atoms with Gasteiger partial charge < -0.3 is 59.1 Å². The second-order valence-corrected chi connectivity index (χ2v) is 8.78. The number of aliphatic hydroxyl groups is 6. The number of Topliss-reactive ketones (excluding diaryl/α,β-unsaturated/α-hetero) is 1. The van der Waals surface area contributed by atoms with E-state index in [1.54, 1.807) is 0 Å².